The van der Waals surface area contributed by atoms with Crippen LogP contribution in [-0.2, 0) is 9.53 Å². The number of hydrazone groups is 1. The molecule has 10 heteroatoms. The van der Waals surface area contributed by atoms with Crippen LogP contribution in [0.2, 0.25) is 0 Å². The minimum atomic E-state index is -0.464. The van der Waals surface area contributed by atoms with Gasteiger partial charge < -0.3 is 18.9 Å². The number of methoxy groups -OCH3 is 1. The highest BCUT2D eigenvalue weighted by molar-refractivity contribution is 8.26. The van der Waals surface area contributed by atoms with E-state index in [1.54, 1.807) is 31.4 Å². The molecule has 2 heterocycles. The maximum absolute atomic E-state index is 12.5. The molecule has 0 aliphatic carbocycles. The van der Waals surface area contributed by atoms with Gasteiger partial charge in [-0.25, -0.2) is 0 Å². The Morgan fingerprint density at radius 1 is 1.03 bits per heavy atom. The van der Waals surface area contributed by atoms with Gasteiger partial charge in [0.15, 0.2) is 17.3 Å². The van der Waals surface area contributed by atoms with Crippen molar-refractivity contribution in [3.05, 3.63) is 59.2 Å². The SMILES string of the molecule is CCC1=NN2C(=N)/C(=C\c3ccc(OCCOCCOc4ccc(C)cc4)c(OC)c3)C(=O)N=C2S1. The van der Waals surface area contributed by atoms with Crippen LogP contribution in [0.4, 0.5) is 0 Å². The number of aryl methyl sites for hydroxylation is 1. The standard InChI is InChI=1S/C26H28N4O5S/c1-4-23-29-30-24(27)20(25(31)28-26(30)36-23)15-18-7-10-21(22(16-18)32-3)35-14-12-33-11-13-34-19-8-5-17(2)6-9-19/h5-10,15-16,27H,4,11-14H2,1-3H3/b20-15+,27-24?. The molecular formula is C26H28N4O5S. The second-order valence-corrected chi connectivity index (χ2v) is 8.94. The summed E-state index contributed by atoms with van der Waals surface area (Å²) in [6.07, 6.45) is 2.32. The summed E-state index contributed by atoms with van der Waals surface area (Å²) in [5.74, 6) is 1.42. The van der Waals surface area contributed by atoms with Gasteiger partial charge in [-0.2, -0.15) is 15.1 Å². The second-order valence-electron chi connectivity index (χ2n) is 7.90. The highest BCUT2D eigenvalue weighted by Crippen LogP contribution is 2.32. The summed E-state index contributed by atoms with van der Waals surface area (Å²) >= 11 is 1.31. The van der Waals surface area contributed by atoms with Crippen LogP contribution in [0.5, 0.6) is 17.2 Å². The number of hydrogen-bond acceptors (Lipinski definition) is 8. The number of nitrogens with one attached hydrogen (secondary N) is 1. The first-order valence-electron chi connectivity index (χ1n) is 11.6. The van der Waals surface area contributed by atoms with Gasteiger partial charge in [-0.3, -0.25) is 10.2 Å². The lowest BCUT2D eigenvalue weighted by Gasteiger charge is -2.20. The fourth-order valence-electron chi connectivity index (χ4n) is 3.40. The van der Waals surface area contributed by atoms with E-state index < -0.39 is 5.91 Å². The van der Waals surface area contributed by atoms with E-state index in [1.807, 2.05) is 38.1 Å². The molecule has 4 rings (SSSR count). The molecule has 2 aromatic rings. The molecule has 0 bridgehead atoms. The molecule has 0 radical (unpaired) electrons. The van der Waals surface area contributed by atoms with E-state index in [0.29, 0.717) is 55.1 Å². The number of ether oxygens (including phenoxy) is 4. The van der Waals surface area contributed by atoms with Crippen molar-refractivity contribution in [2.24, 2.45) is 10.1 Å². The molecule has 2 aliphatic heterocycles. The monoisotopic (exact) mass is 508 g/mol. The number of nitrogens with zero attached hydrogens (tertiary/aromatic N) is 3. The fraction of sp³-hybridized carbons (Fsp3) is 0.308. The Labute approximate surface area is 214 Å². The topological polar surface area (TPSA) is 106 Å². The molecule has 0 unspecified atom stereocenters. The van der Waals surface area contributed by atoms with Crippen molar-refractivity contribution in [1.82, 2.24) is 5.01 Å². The zero-order valence-electron chi connectivity index (χ0n) is 20.4. The number of aliphatic imine (C=N–C) groups is 1. The Bertz CT molecular complexity index is 1220. The maximum atomic E-state index is 12.5. The van der Waals surface area contributed by atoms with Crippen LogP contribution in [0.25, 0.3) is 6.08 Å². The third kappa shape index (κ3) is 6.13. The normalized spacial score (nSPS) is 16.1. The van der Waals surface area contributed by atoms with E-state index >= 15 is 0 Å². The Hall–Kier alpha value is -3.63. The van der Waals surface area contributed by atoms with Gasteiger partial charge in [-0.15, -0.1) is 0 Å². The third-order valence-electron chi connectivity index (χ3n) is 5.30. The molecule has 2 aliphatic rings. The lowest BCUT2D eigenvalue weighted by atomic mass is 10.1. The number of carbonyl (C=O) groups excluding carboxylic acids is 1. The quantitative estimate of drug-likeness (QED) is 0.352. The number of hydrogen-bond donors (Lipinski definition) is 1. The maximum Gasteiger partial charge on any atom is 0.283 e. The lowest BCUT2D eigenvalue weighted by Crippen LogP contribution is -2.35. The molecule has 188 valence electrons. The smallest absolute Gasteiger partial charge is 0.283 e. The Morgan fingerprint density at radius 3 is 2.50 bits per heavy atom. The summed E-state index contributed by atoms with van der Waals surface area (Å²) in [6, 6.07) is 13.2. The molecule has 0 spiro atoms. The predicted molar refractivity (Wildman–Crippen MR) is 141 cm³/mol. The average Bonchev–Trinajstić information content (AvgIpc) is 3.30. The van der Waals surface area contributed by atoms with Crippen LogP contribution in [0.15, 0.2) is 58.1 Å². The number of rotatable bonds is 11. The molecule has 1 amide bonds. The number of fused-ring (bicyclic) bond motifs is 1. The van der Waals surface area contributed by atoms with Crippen molar-refractivity contribution in [2.75, 3.05) is 33.5 Å². The van der Waals surface area contributed by atoms with Crippen molar-refractivity contribution in [3.63, 3.8) is 0 Å². The van der Waals surface area contributed by atoms with Crippen LogP contribution >= 0.6 is 11.8 Å². The summed E-state index contributed by atoms with van der Waals surface area (Å²) in [4.78, 5) is 16.6. The van der Waals surface area contributed by atoms with Gasteiger partial charge in [0.2, 0.25) is 5.17 Å². The van der Waals surface area contributed by atoms with E-state index in [9.17, 15) is 4.79 Å². The van der Waals surface area contributed by atoms with E-state index in [-0.39, 0.29) is 11.4 Å². The van der Waals surface area contributed by atoms with E-state index in [0.717, 1.165) is 10.8 Å². The highest BCUT2D eigenvalue weighted by atomic mass is 32.2. The molecule has 0 saturated heterocycles. The van der Waals surface area contributed by atoms with Gasteiger partial charge in [-0.1, -0.05) is 30.7 Å². The fourth-order valence-corrected chi connectivity index (χ4v) is 4.22. The predicted octanol–water partition coefficient (Wildman–Crippen LogP) is 4.51. The molecule has 36 heavy (non-hydrogen) atoms. The first-order valence-corrected chi connectivity index (χ1v) is 12.4. The first-order chi connectivity index (χ1) is 17.5. The van der Waals surface area contributed by atoms with E-state index in [2.05, 4.69) is 10.1 Å². The van der Waals surface area contributed by atoms with Gasteiger partial charge in [0.25, 0.3) is 5.91 Å². The van der Waals surface area contributed by atoms with Gasteiger partial charge in [0.1, 0.15) is 24.0 Å². The number of amidine groups is 2. The van der Waals surface area contributed by atoms with Crippen molar-refractivity contribution >= 4 is 39.8 Å². The van der Waals surface area contributed by atoms with E-state index in [4.69, 9.17) is 24.4 Å². The number of amides is 1. The minimum Gasteiger partial charge on any atom is -0.493 e. The van der Waals surface area contributed by atoms with Crippen molar-refractivity contribution in [1.29, 1.82) is 5.41 Å². The Balaban J connectivity index is 1.29. The number of carbonyl (C=O) groups is 1. The second kappa shape index (κ2) is 11.9. The van der Waals surface area contributed by atoms with E-state index in [1.165, 1.54) is 22.3 Å². The van der Waals surface area contributed by atoms with Crippen LogP contribution in [0, 0.1) is 12.3 Å². The molecule has 2 aromatic carbocycles. The minimum absolute atomic E-state index is 0.00347. The lowest BCUT2D eigenvalue weighted by molar-refractivity contribution is -0.114. The van der Waals surface area contributed by atoms with Crippen molar-refractivity contribution in [3.8, 4) is 17.2 Å². The van der Waals surface area contributed by atoms with Gasteiger partial charge >= 0.3 is 0 Å². The summed E-state index contributed by atoms with van der Waals surface area (Å²) in [6.45, 7) is 5.64. The number of thioether (sulfide) groups is 1. The molecule has 0 atom stereocenters. The Morgan fingerprint density at radius 2 is 1.78 bits per heavy atom. The third-order valence-corrected chi connectivity index (χ3v) is 6.35. The zero-order chi connectivity index (χ0) is 25.5. The first kappa shape index (κ1) is 25.5. The van der Waals surface area contributed by atoms with Gasteiger partial charge in [0.05, 0.1) is 25.9 Å². The largest absolute Gasteiger partial charge is 0.493 e. The van der Waals surface area contributed by atoms with Crippen molar-refractivity contribution in [2.45, 2.75) is 20.3 Å². The van der Waals surface area contributed by atoms with Crippen LogP contribution in [0.1, 0.15) is 24.5 Å². The summed E-state index contributed by atoms with van der Waals surface area (Å²) in [7, 11) is 1.55. The molecule has 0 saturated carbocycles. The van der Waals surface area contributed by atoms with Crippen LogP contribution in [0.3, 0.4) is 0 Å². The number of benzene rings is 2. The molecule has 9 nitrogen and oxygen atoms in total. The van der Waals surface area contributed by atoms with Crippen molar-refractivity contribution < 1.29 is 23.7 Å². The zero-order valence-corrected chi connectivity index (χ0v) is 21.3. The van der Waals surface area contributed by atoms with Crippen LogP contribution < -0.4 is 14.2 Å². The van der Waals surface area contributed by atoms with Gasteiger partial charge in [0, 0.05) is 0 Å². The average molecular weight is 509 g/mol. The summed E-state index contributed by atoms with van der Waals surface area (Å²) in [5, 5.41) is 15.4. The molecule has 1 N–H and O–H groups in total. The molecule has 0 aromatic heterocycles. The highest BCUT2D eigenvalue weighted by Gasteiger charge is 2.35. The summed E-state index contributed by atoms with van der Waals surface area (Å²) in [5.41, 5.74) is 2.03. The van der Waals surface area contributed by atoms with Gasteiger partial charge in [-0.05, 0) is 61.0 Å². The van der Waals surface area contributed by atoms with Crippen LogP contribution in [-0.4, -0.2) is 60.5 Å². The summed E-state index contributed by atoms with van der Waals surface area (Å²) < 4.78 is 22.5. The molecular weight excluding hydrogens is 480 g/mol. The molecule has 0 fully saturated rings. The Kier molecular flexibility index (Phi) is 8.40.